The van der Waals surface area contributed by atoms with Crippen molar-refractivity contribution in [3.63, 3.8) is 0 Å². The van der Waals surface area contributed by atoms with E-state index in [-0.39, 0.29) is 10.8 Å². The van der Waals surface area contributed by atoms with E-state index < -0.39 is 0 Å². The van der Waals surface area contributed by atoms with Gasteiger partial charge in [-0.3, -0.25) is 0 Å². The molecule has 0 fully saturated rings. The summed E-state index contributed by atoms with van der Waals surface area (Å²) in [5.74, 6) is 0.215. The highest BCUT2D eigenvalue weighted by atomic mass is 32.1. The van der Waals surface area contributed by atoms with E-state index in [2.05, 4.69) is 13.8 Å². The average Bonchev–Trinajstić information content (AvgIpc) is 2.29. The van der Waals surface area contributed by atoms with Crippen molar-refractivity contribution in [2.45, 2.75) is 33.3 Å². The molecule has 0 spiro atoms. The van der Waals surface area contributed by atoms with E-state index in [4.69, 9.17) is 22.7 Å². The molecule has 1 atom stereocenters. The fraction of sp³-hybridized carbons (Fsp3) is 0.500. The molecule has 0 heterocycles. The number of thiocarbonyl (C=S) groups is 1. The first-order valence-corrected chi connectivity index (χ1v) is 6.61. The van der Waals surface area contributed by atoms with Gasteiger partial charge in [0.2, 0.25) is 0 Å². The maximum Gasteiger partial charge on any atom is 0.123 e. The largest absolute Gasteiger partial charge is 0.389 e. The van der Waals surface area contributed by atoms with Crippen molar-refractivity contribution in [3.05, 3.63) is 35.1 Å². The number of halogens is 1. The highest BCUT2D eigenvalue weighted by Crippen LogP contribution is 2.14. The smallest absolute Gasteiger partial charge is 0.123 e. The van der Waals surface area contributed by atoms with Crippen LogP contribution >= 0.6 is 12.2 Å². The Hall–Kier alpha value is -1.00. The van der Waals surface area contributed by atoms with Crippen LogP contribution in [0.15, 0.2) is 18.2 Å². The van der Waals surface area contributed by atoms with Crippen molar-refractivity contribution in [2.24, 2.45) is 11.7 Å². The molecule has 18 heavy (non-hydrogen) atoms. The van der Waals surface area contributed by atoms with Gasteiger partial charge in [0, 0.05) is 12.2 Å². The van der Waals surface area contributed by atoms with Crippen LogP contribution in [0.25, 0.3) is 0 Å². The maximum absolute atomic E-state index is 13.2. The zero-order valence-electron chi connectivity index (χ0n) is 10.9. The van der Waals surface area contributed by atoms with E-state index in [9.17, 15) is 4.39 Å². The van der Waals surface area contributed by atoms with Gasteiger partial charge in [-0.25, -0.2) is 4.39 Å². The minimum Gasteiger partial charge on any atom is -0.389 e. The molecule has 1 aromatic rings. The van der Waals surface area contributed by atoms with E-state index in [1.807, 2.05) is 0 Å². The van der Waals surface area contributed by atoms with Gasteiger partial charge < -0.3 is 10.5 Å². The number of ether oxygens (including phenoxy) is 1. The number of benzene rings is 1. The molecule has 2 N–H and O–H groups in total. The third-order valence-electron chi connectivity index (χ3n) is 2.77. The van der Waals surface area contributed by atoms with Crippen LogP contribution in [0.2, 0.25) is 0 Å². The highest BCUT2D eigenvalue weighted by molar-refractivity contribution is 7.80. The third kappa shape index (κ3) is 4.70. The first-order valence-electron chi connectivity index (χ1n) is 6.20. The standard InChI is InChI=1S/C14H20FNOS/c1-3-4-10(2)8-17-9-11-7-12(15)5-6-13(11)14(16)18/h5-7,10H,3-4,8-9H2,1-2H3,(H2,16,18). The lowest BCUT2D eigenvalue weighted by molar-refractivity contribution is 0.0891. The van der Waals surface area contributed by atoms with Crippen molar-refractivity contribution < 1.29 is 9.13 Å². The number of hydrogen-bond donors (Lipinski definition) is 1. The van der Waals surface area contributed by atoms with Crippen LogP contribution in [0.4, 0.5) is 4.39 Å². The molecule has 0 saturated carbocycles. The summed E-state index contributed by atoms with van der Waals surface area (Å²) in [6.45, 7) is 5.30. The molecule has 1 aromatic carbocycles. The van der Waals surface area contributed by atoms with Gasteiger partial charge in [0.1, 0.15) is 10.8 Å². The van der Waals surface area contributed by atoms with Crippen molar-refractivity contribution in [1.29, 1.82) is 0 Å². The molecule has 0 amide bonds. The molecule has 0 bridgehead atoms. The summed E-state index contributed by atoms with van der Waals surface area (Å²) >= 11 is 4.94. The zero-order chi connectivity index (χ0) is 13.5. The lowest BCUT2D eigenvalue weighted by atomic mass is 10.1. The topological polar surface area (TPSA) is 35.2 Å². The molecular weight excluding hydrogens is 249 g/mol. The first kappa shape index (κ1) is 15.1. The molecule has 0 saturated heterocycles. The van der Waals surface area contributed by atoms with E-state index in [0.717, 1.165) is 12.8 Å². The van der Waals surface area contributed by atoms with Crippen LogP contribution in [0, 0.1) is 11.7 Å². The van der Waals surface area contributed by atoms with Crippen molar-refractivity contribution in [2.75, 3.05) is 6.61 Å². The Morgan fingerprint density at radius 3 is 2.83 bits per heavy atom. The Bertz CT molecular complexity index is 409. The van der Waals surface area contributed by atoms with Gasteiger partial charge in [-0.15, -0.1) is 0 Å². The number of nitrogens with two attached hydrogens (primary N) is 1. The number of hydrogen-bond acceptors (Lipinski definition) is 2. The van der Waals surface area contributed by atoms with Gasteiger partial charge in [0.25, 0.3) is 0 Å². The molecule has 1 rings (SSSR count). The van der Waals surface area contributed by atoms with Crippen LogP contribution in [0.5, 0.6) is 0 Å². The normalized spacial score (nSPS) is 12.4. The lowest BCUT2D eigenvalue weighted by Crippen LogP contribution is -2.14. The highest BCUT2D eigenvalue weighted by Gasteiger charge is 2.08. The van der Waals surface area contributed by atoms with Crippen molar-refractivity contribution in [1.82, 2.24) is 0 Å². The molecule has 0 aliphatic heterocycles. The molecule has 4 heteroatoms. The van der Waals surface area contributed by atoms with Gasteiger partial charge in [0.15, 0.2) is 0 Å². The predicted molar refractivity (Wildman–Crippen MR) is 76.0 cm³/mol. The second-order valence-corrected chi connectivity index (χ2v) is 5.01. The Balaban J connectivity index is 2.60. The van der Waals surface area contributed by atoms with E-state index in [0.29, 0.717) is 30.3 Å². The van der Waals surface area contributed by atoms with E-state index >= 15 is 0 Å². The molecule has 0 aromatic heterocycles. The summed E-state index contributed by atoms with van der Waals surface area (Å²) in [4.78, 5) is 0.273. The van der Waals surface area contributed by atoms with Gasteiger partial charge in [-0.2, -0.15) is 0 Å². The lowest BCUT2D eigenvalue weighted by Gasteiger charge is -2.13. The van der Waals surface area contributed by atoms with Gasteiger partial charge in [-0.1, -0.05) is 32.5 Å². The van der Waals surface area contributed by atoms with Crippen LogP contribution in [-0.2, 0) is 11.3 Å². The molecule has 100 valence electrons. The summed E-state index contributed by atoms with van der Waals surface area (Å²) < 4.78 is 18.8. The molecule has 0 aliphatic carbocycles. The molecular formula is C14H20FNOS. The Morgan fingerprint density at radius 1 is 1.50 bits per heavy atom. The monoisotopic (exact) mass is 269 g/mol. The van der Waals surface area contributed by atoms with Gasteiger partial charge >= 0.3 is 0 Å². The van der Waals surface area contributed by atoms with Gasteiger partial charge in [0.05, 0.1) is 6.61 Å². The van der Waals surface area contributed by atoms with Crippen LogP contribution in [0.1, 0.15) is 37.8 Å². The predicted octanol–water partition coefficient (Wildman–Crippen LogP) is 3.41. The van der Waals surface area contributed by atoms with Crippen LogP contribution in [-0.4, -0.2) is 11.6 Å². The van der Waals surface area contributed by atoms with E-state index in [1.54, 1.807) is 6.07 Å². The second kappa shape index (κ2) is 7.44. The second-order valence-electron chi connectivity index (χ2n) is 4.57. The fourth-order valence-corrected chi connectivity index (χ4v) is 2.07. The Kier molecular flexibility index (Phi) is 6.22. The summed E-state index contributed by atoms with van der Waals surface area (Å²) in [5, 5.41) is 0. The fourth-order valence-electron chi connectivity index (χ4n) is 1.87. The SMILES string of the molecule is CCCC(C)COCc1cc(F)ccc1C(N)=S. The Labute approximate surface area is 113 Å². The quantitative estimate of drug-likeness (QED) is 0.770. The molecule has 0 aliphatic rings. The average molecular weight is 269 g/mol. The Morgan fingerprint density at radius 2 is 2.22 bits per heavy atom. The number of rotatable bonds is 7. The van der Waals surface area contributed by atoms with Crippen molar-refractivity contribution >= 4 is 17.2 Å². The maximum atomic E-state index is 13.2. The summed E-state index contributed by atoms with van der Waals surface area (Å²) in [6, 6.07) is 4.39. The molecule has 1 unspecified atom stereocenters. The third-order valence-corrected chi connectivity index (χ3v) is 2.99. The summed E-state index contributed by atoms with van der Waals surface area (Å²) in [6.07, 6.45) is 2.27. The van der Waals surface area contributed by atoms with Crippen LogP contribution < -0.4 is 5.73 Å². The summed E-state index contributed by atoms with van der Waals surface area (Å²) in [7, 11) is 0. The van der Waals surface area contributed by atoms with Gasteiger partial charge in [-0.05, 0) is 36.1 Å². The van der Waals surface area contributed by atoms with Crippen LogP contribution in [0.3, 0.4) is 0 Å². The molecule has 0 radical (unpaired) electrons. The van der Waals surface area contributed by atoms with E-state index in [1.165, 1.54) is 12.1 Å². The minimum atomic E-state index is -0.296. The minimum absolute atomic E-state index is 0.273. The summed E-state index contributed by atoms with van der Waals surface area (Å²) in [5.41, 5.74) is 7.00. The first-order chi connectivity index (χ1) is 8.54. The van der Waals surface area contributed by atoms with Crippen molar-refractivity contribution in [3.8, 4) is 0 Å². The molecule has 2 nitrogen and oxygen atoms in total. The zero-order valence-corrected chi connectivity index (χ0v) is 11.7.